The fraction of sp³-hybridized carbons (Fsp3) is 0.160. The van der Waals surface area contributed by atoms with Gasteiger partial charge in [-0.2, -0.15) is 0 Å². The first-order valence-corrected chi connectivity index (χ1v) is 12.4. The molecule has 1 aliphatic heterocycles. The fourth-order valence-corrected chi connectivity index (χ4v) is 5.07. The molecule has 4 aromatic rings. The second kappa shape index (κ2) is 9.70. The van der Waals surface area contributed by atoms with E-state index >= 15 is 0 Å². The minimum absolute atomic E-state index is 0.0321. The van der Waals surface area contributed by atoms with Crippen LogP contribution >= 0.6 is 35.0 Å². The molecule has 6 nitrogen and oxygen atoms in total. The third-order valence-corrected chi connectivity index (χ3v) is 7.31. The number of nitrogens with zero attached hydrogens (tertiary/aromatic N) is 4. The highest BCUT2D eigenvalue weighted by Crippen LogP contribution is 2.33. The number of anilines is 1. The molecule has 0 unspecified atom stereocenters. The Hall–Kier alpha value is -3.00. The summed E-state index contributed by atoms with van der Waals surface area (Å²) < 4.78 is 7.16. The third kappa shape index (κ3) is 4.39. The third-order valence-electron chi connectivity index (χ3n) is 5.66. The predicted molar refractivity (Wildman–Crippen MR) is 137 cm³/mol. The lowest BCUT2D eigenvalue weighted by Gasteiger charge is -2.17. The van der Waals surface area contributed by atoms with Crippen LogP contribution in [0.2, 0.25) is 10.0 Å². The summed E-state index contributed by atoms with van der Waals surface area (Å²) >= 11 is 13.8. The van der Waals surface area contributed by atoms with Crippen molar-refractivity contribution in [3.05, 3.63) is 82.3 Å². The molecule has 0 atom stereocenters. The topological polar surface area (TPSA) is 60.3 Å². The van der Waals surface area contributed by atoms with Crippen molar-refractivity contribution in [2.75, 3.05) is 24.3 Å². The molecule has 0 aliphatic carbocycles. The minimum atomic E-state index is 0.0321. The molecule has 34 heavy (non-hydrogen) atoms. The van der Waals surface area contributed by atoms with Gasteiger partial charge in [-0.25, -0.2) is 0 Å². The second-order valence-electron chi connectivity index (χ2n) is 7.68. The van der Waals surface area contributed by atoms with E-state index in [1.54, 1.807) is 19.2 Å². The molecule has 9 heteroatoms. The van der Waals surface area contributed by atoms with E-state index in [1.165, 1.54) is 17.3 Å². The van der Waals surface area contributed by atoms with Gasteiger partial charge in [0.05, 0.1) is 28.6 Å². The van der Waals surface area contributed by atoms with E-state index in [0.717, 1.165) is 29.1 Å². The van der Waals surface area contributed by atoms with Gasteiger partial charge < -0.3 is 9.64 Å². The molecule has 0 spiro atoms. The van der Waals surface area contributed by atoms with Crippen LogP contribution in [0.4, 0.5) is 5.69 Å². The van der Waals surface area contributed by atoms with Gasteiger partial charge in [-0.05, 0) is 60.5 Å². The van der Waals surface area contributed by atoms with Crippen molar-refractivity contribution in [3.8, 4) is 22.8 Å². The van der Waals surface area contributed by atoms with Crippen LogP contribution in [-0.4, -0.2) is 40.1 Å². The number of hydrogen-bond acceptors (Lipinski definition) is 5. The van der Waals surface area contributed by atoms with Crippen LogP contribution in [0, 0.1) is 0 Å². The second-order valence-corrected chi connectivity index (χ2v) is 9.44. The molecule has 0 N–H and O–H groups in total. The number of rotatable bonds is 6. The van der Waals surface area contributed by atoms with Crippen molar-refractivity contribution in [1.82, 2.24) is 14.8 Å². The molecule has 5 rings (SSSR count). The lowest BCUT2D eigenvalue weighted by Crippen LogP contribution is -2.30. The first-order valence-electron chi connectivity index (χ1n) is 10.6. The molecular weight excluding hydrogens is 491 g/mol. The smallest absolute Gasteiger partial charge is 0.237 e. The molecule has 0 fully saturated rings. The molecule has 2 heterocycles. The van der Waals surface area contributed by atoms with Crippen molar-refractivity contribution in [1.29, 1.82) is 0 Å². The Morgan fingerprint density at radius 1 is 1.03 bits per heavy atom. The Morgan fingerprint density at radius 2 is 1.82 bits per heavy atom. The lowest BCUT2D eigenvalue weighted by atomic mass is 10.2. The maximum Gasteiger partial charge on any atom is 0.237 e. The first-order chi connectivity index (χ1) is 16.5. The number of hydrogen-bond donors (Lipinski definition) is 0. The summed E-state index contributed by atoms with van der Waals surface area (Å²) in [5, 5.41) is 10.3. The molecule has 0 saturated heterocycles. The van der Waals surface area contributed by atoms with Gasteiger partial charge in [-0.3, -0.25) is 9.36 Å². The number of methoxy groups -OCH3 is 1. The van der Waals surface area contributed by atoms with E-state index in [9.17, 15) is 4.79 Å². The number of thioether (sulfide) groups is 1. The average Bonchev–Trinajstić information content (AvgIpc) is 3.49. The van der Waals surface area contributed by atoms with Crippen LogP contribution in [0.1, 0.15) is 5.56 Å². The Bertz CT molecular complexity index is 1360. The largest absolute Gasteiger partial charge is 0.497 e. The van der Waals surface area contributed by atoms with E-state index in [2.05, 4.69) is 16.3 Å². The van der Waals surface area contributed by atoms with E-state index in [-0.39, 0.29) is 11.7 Å². The molecule has 1 aromatic heterocycles. The summed E-state index contributed by atoms with van der Waals surface area (Å²) in [4.78, 5) is 14.9. The molecule has 3 aromatic carbocycles. The van der Waals surface area contributed by atoms with Crippen molar-refractivity contribution >= 4 is 46.6 Å². The number of para-hydroxylation sites is 1. The Labute approximate surface area is 211 Å². The zero-order valence-corrected chi connectivity index (χ0v) is 20.6. The average molecular weight is 511 g/mol. The van der Waals surface area contributed by atoms with Crippen molar-refractivity contribution in [2.24, 2.45) is 0 Å². The number of amides is 1. The molecule has 0 bridgehead atoms. The van der Waals surface area contributed by atoms with Gasteiger partial charge in [0.25, 0.3) is 0 Å². The minimum Gasteiger partial charge on any atom is -0.497 e. The molecule has 0 radical (unpaired) electrons. The first kappa shape index (κ1) is 22.8. The highest BCUT2D eigenvalue weighted by atomic mass is 35.5. The Kier molecular flexibility index (Phi) is 6.50. The van der Waals surface area contributed by atoms with Gasteiger partial charge in [-0.1, -0.05) is 53.2 Å². The van der Waals surface area contributed by atoms with E-state index < -0.39 is 0 Å². The molecule has 172 valence electrons. The van der Waals surface area contributed by atoms with E-state index in [4.69, 9.17) is 27.9 Å². The summed E-state index contributed by atoms with van der Waals surface area (Å²) in [5.74, 6) is 1.64. The van der Waals surface area contributed by atoms with Gasteiger partial charge in [0, 0.05) is 17.8 Å². The van der Waals surface area contributed by atoms with Gasteiger partial charge >= 0.3 is 0 Å². The molecular formula is C25H20Cl2N4O2S. The number of benzene rings is 3. The van der Waals surface area contributed by atoms with Gasteiger partial charge in [0.1, 0.15) is 5.75 Å². The number of halogens is 2. The van der Waals surface area contributed by atoms with Gasteiger partial charge in [0.2, 0.25) is 5.91 Å². The van der Waals surface area contributed by atoms with Crippen LogP contribution in [0.25, 0.3) is 17.1 Å². The van der Waals surface area contributed by atoms with Gasteiger partial charge in [-0.15, -0.1) is 10.2 Å². The van der Waals surface area contributed by atoms with Crippen molar-refractivity contribution in [2.45, 2.75) is 11.6 Å². The molecule has 1 aliphatic rings. The van der Waals surface area contributed by atoms with Gasteiger partial charge in [0.15, 0.2) is 11.0 Å². The highest BCUT2D eigenvalue weighted by Gasteiger charge is 2.25. The number of ether oxygens (including phenoxy) is 1. The number of aromatic nitrogens is 3. The number of carbonyl (C=O) groups excluding carboxylic acids is 1. The van der Waals surface area contributed by atoms with Crippen LogP contribution in [0.3, 0.4) is 0 Å². The normalized spacial score (nSPS) is 12.6. The van der Waals surface area contributed by atoms with Crippen molar-refractivity contribution in [3.63, 3.8) is 0 Å². The number of carbonyl (C=O) groups is 1. The summed E-state index contributed by atoms with van der Waals surface area (Å²) in [6, 6.07) is 20.9. The SMILES string of the molecule is COc1ccc(-c2nnc(SCC(=O)N3CCc4ccccc43)n2-c2ccc(Cl)c(Cl)c2)cc1. The van der Waals surface area contributed by atoms with Crippen LogP contribution in [-0.2, 0) is 11.2 Å². The molecule has 1 amide bonds. The Balaban J connectivity index is 1.46. The maximum atomic E-state index is 13.1. The zero-order chi connectivity index (χ0) is 23.7. The quantitative estimate of drug-likeness (QED) is 0.300. The maximum absolute atomic E-state index is 13.1. The fourth-order valence-electron chi connectivity index (χ4n) is 3.95. The zero-order valence-electron chi connectivity index (χ0n) is 18.2. The van der Waals surface area contributed by atoms with E-state index in [0.29, 0.717) is 27.6 Å². The predicted octanol–water partition coefficient (Wildman–Crippen LogP) is 5.93. The van der Waals surface area contributed by atoms with Crippen LogP contribution in [0.15, 0.2) is 71.9 Å². The Morgan fingerprint density at radius 3 is 2.59 bits per heavy atom. The summed E-state index contributed by atoms with van der Waals surface area (Å²) in [5.41, 5.74) is 3.79. The standard InChI is InChI=1S/C25H20Cl2N4O2S/c1-33-19-9-6-17(7-10-19)24-28-29-25(31(24)18-8-11-20(26)21(27)14-18)34-15-23(32)30-13-12-16-4-2-3-5-22(16)30/h2-11,14H,12-13,15H2,1H3. The molecule has 0 saturated carbocycles. The van der Waals surface area contributed by atoms with Crippen LogP contribution in [0.5, 0.6) is 5.75 Å². The van der Waals surface area contributed by atoms with Crippen LogP contribution < -0.4 is 9.64 Å². The number of fused-ring (bicyclic) bond motifs is 1. The summed E-state index contributed by atoms with van der Waals surface area (Å²) in [6.45, 7) is 0.690. The highest BCUT2D eigenvalue weighted by molar-refractivity contribution is 7.99. The summed E-state index contributed by atoms with van der Waals surface area (Å²) in [7, 11) is 1.62. The summed E-state index contributed by atoms with van der Waals surface area (Å²) in [6.07, 6.45) is 0.869. The monoisotopic (exact) mass is 510 g/mol. The van der Waals surface area contributed by atoms with E-state index in [1.807, 2.05) is 58.0 Å². The lowest BCUT2D eigenvalue weighted by molar-refractivity contribution is -0.116. The van der Waals surface area contributed by atoms with Crippen molar-refractivity contribution < 1.29 is 9.53 Å².